The van der Waals surface area contributed by atoms with Crippen molar-refractivity contribution in [2.75, 3.05) is 27.4 Å². The van der Waals surface area contributed by atoms with Gasteiger partial charge in [0.05, 0.1) is 50.2 Å². The molecule has 6 N–H and O–H groups in total. The van der Waals surface area contributed by atoms with E-state index in [9.17, 15) is 30.0 Å². The number of aryl methyl sites for hydroxylation is 2. The van der Waals surface area contributed by atoms with Gasteiger partial charge >= 0.3 is 11.9 Å². The van der Waals surface area contributed by atoms with Crippen LogP contribution >= 0.6 is 0 Å². The van der Waals surface area contributed by atoms with E-state index in [1.807, 2.05) is 39.8 Å². The van der Waals surface area contributed by atoms with E-state index in [-0.39, 0.29) is 24.8 Å². The van der Waals surface area contributed by atoms with Gasteiger partial charge in [-0.15, -0.1) is 0 Å². The van der Waals surface area contributed by atoms with Gasteiger partial charge in [-0.3, -0.25) is 9.59 Å². The molecule has 48 heavy (non-hydrogen) atoms. The second-order valence-corrected chi connectivity index (χ2v) is 12.1. The highest BCUT2D eigenvalue weighted by Gasteiger charge is 2.24. The van der Waals surface area contributed by atoms with Crippen LogP contribution in [0, 0.1) is 13.8 Å². The third-order valence-electron chi connectivity index (χ3n) is 9.26. The van der Waals surface area contributed by atoms with Gasteiger partial charge in [-0.1, -0.05) is 0 Å². The first-order chi connectivity index (χ1) is 22.9. The van der Waals surface area contributed by atoms with Crippen molar-refractivity contribution in [2.24, 2.45) is 0 Å². The van der Waals surface area contributed by atoms with Crippen LogP contribution in [0.4, 0.5) is 0 Å². The third-order valence-corrected chi connectivity index (χ3v) is 9.26. The first-order valence-electron chi connectivity index (χ1n) is 15.8. The van der Waals surface area contributed by atoms with Crippen LogP contribution in [0.2, 0.25) is 0 Å². The van der Waals surface area contributed by atoms with Crippen LogP contribution in [-0.4, -0.2) is 79.7 Å². The Hall–Kier alpha value is -4.62. The van der Waals surface area contributed by atoms with Crippen LogP contribution in [-0.2, 0) is 19.1 Å². The van der Waals surface area contributed by atoms with Crippen molar-refractivity contribution in [3.05, 3.63) is 69.3 Å². The van der Waals surface area contributed by atoms with Crippen LogP contribution in [0.25, 0.3) is 44.4 Å². The summed E-state index contributed by atoms with van der Waals surface area (Å²) in [4.78, 5) is 41.1. The lowest BCUT2D eigenvalue weighted by Gasteiger charge is -2.08. The number of fused-ring (bicyclic) bond motifs is 8. The maximum atomic E-state index is 12.2. The molecular weight excluding hydrogens is 616 g/mol. The summed E-state index contributed by atoms with van der Waals surface area (Å²) in [7, 11) is 2.69. The molecule has 12 heteroatoms. The van der Waals surface area contributed by atoms with E-state index in [1.165, 1.54) is 14.2 Å². The number of nitrogens with one attached hydrogen (secondary N) is 2. The van der Waals surface area contributed by atoms with Crippen LogP contribution in [0.1, 0.15) is 96.8 Å². The molecule has 0 saturated carbocycles. The van der Waals surface area contributed by atoms with E-state index in [0.717, 1.165) is 22.3 Å². The van der Waals surface area contributed by atoms with Gasteiger partial charge in [0.15, 0.2) is 0 Å². The molecule has 12 nitrogen and oxygen atoms in total. The summed E-state index contributed by atoms with van der Waals surface area (Å²) in [5, 5.41) is 41.7. The lowest BCUT2D eigenvalue weighted by Crippen LogP contribution is -2.03. The monoisotopic (exact) mass is 658 g/mol. The van der Waals surface area contributed by atoms with Crippen LogP contribution < -0.4 is 0 Å². The fraction of sp³-hybridized carbons (Fsp3) is 0.389. The average Bonchev–Trinajstić information content (AvgIpc) is 3.74. The molecule has 0 radical (unpaired) electrons. The second kappa shape index (κ2) is 14.2. The van der Waals surface area contributed by atoms with Gasteiger partial charge < -0.3 is 39.9 Å². The molecule has 2 aliphatic rings. The minimum absolute atomic E-state index is 0.135. The van der Waals surface area contributed by atoms with Crippen LogP contribution in [0.15, 0.2) is 24.3 Å². The zero-order chi connectivity index (χ0) is 34.9. The van der Waals surface area contributed by atoms with Gasteiger partial charge in [-0.2, -0.15) is 0 Å². The van der Waals surface area contributed by atoms with E-state index in [1.54, 1.807) is 12.1 Å². The van der Waals surface area contributed by atoms with Gasteiger partial charge in [0.2, 0.25) is 0 Å². The molecule has 0 fully saturated rings. The van der Waals surface area contributed by atoms with Crippen molar-refractivity contribution < 1.29 is 39.5 Å². The topological polar surface area (TPSA) is 191 Å². The van der Waals surface area contributed by atoms with Crippen molar-refractivity contribution in [1.82, 2.24) is 19.9 Å². The predicted octanol–water partition coefficient (Wildman–Crippen LogP) is 4.75. The number of methoxy groups -OCH3 is 2. The fourth-order valence-corrected chi connectivity index (χ4v) is 6.48. The molecule has 2 atom stereocenters. The first kappa shape index (κ1) is 34.7. The number of nitrogens with zero attached hydrogens (tertiary/aromatic N) is 2. The maximum Gasteiger partial charge on any atom is 0.305 e. The minimum atomic E-state index is -1.19. The summed E-state index contributed by atoms with van der Waals surface area (Å²) in [6, 6.07) is 7.33. The summed E-state index contributed by atoms with van der Waals surface area (Å²) in [5.74, 6) is -0.712. The standard InChI is InChI=1S/C36H42N4O8/c1-17-21(7-9-33(45)47-5)27-14-28-22(8-10-34(46)48-6)18(2)24(38-28)12-29-36(32(44)16-42)20(4)26(40-29)13-30-35(31(43)15-41)19(3)25(39-30)11-23(17)37-27/h11-14,31-32,39-44H,7-10,15-16H2,1-6H3. The highest BCUT2D eigenvalue weighted by Crippen LogP contribution is 2.39. The van der Waals surface area contributed by atoms with Crippen LogP contribution in [0.5, 0.6) is 0 Å². The highest BCUT2D eigenvalue weighted by molar-refractivity contribution is 5.96. The molecule has 2 aliphatic heterocycles. The molecule has 0 aromatic carbocycles. The largest absolute Gasteiger partial charge is 0.469 e. The van der Waals surface area contributed by atoms with Gasteiger partial charge in [0, 0.05) is 46.0 Å². The van der Waals surface area contributed by atoms with Crippen molar-refractivity contribution in [3.8, 4) is 0 Å². The molecule has 3 aromatic rings. The van der Waals surface area contributed by atoms with Gasteiger partial charge in [-0.05, 0) is 98.2 Å². The minimum Gasteiger partial charge on any atom is -0.469 e. The van der Waals surface area contributed by atoms with Crippen molar-refractivity contribution in [2.45, 2.75) is 65.6 Å². The number of aliphatic hydroxyl groups is 4. The van der Waals surface area contributed by atoms with Crippen molar-refractivity contribution in [1.29, 1.82) is 0 Å². The third kappa shape index (κ3) is 6.56. The Balaban J connectivity index is 1.93. The second-order valence-electron chi connectivity index (χ2n) is 12.1. The molecular formula is C36H42N4O8. The van der Waals surface area contributed by atoms with E-state index >= 15 is 0 Å². The molecule has 2 unspecified atom stereocenters. The number of aromatic amines is 2. The highest BCUT2D eigenvalue weighted by atomic mass is 16.5. The number of carbonyl (C=O) groups is 2. The normalized spacial score (nSPS) is 14.4. The number of hydrogen-bond acceptors (Lipinski definition) is 10. The Morgan fingerprint density at radius 1 is 0.646 bits per heavy atom. The maximum absolute atomic E-state index is 12.2. The van der Waals surface area contributed by atoms with Crippen molar-refractivity contribution in [3.63, 3.8) is 0 Å². The Bertz CT molecular complexity index is 2000. The summed E-state index contributed by atoms with van der Waals surface area (Å²) >= 11 is 0. The predicted molar refractivity (Wildman–Crippen MR) is 182 cm³/mol. The lowest BCUT2D eigenvalue weighted by molar-refractivity contribution is -0.141. The summed E-state index contributed by atoms with van der Waals surface area (Å²) in [6.45, 7) is 6.51. The molecule has 0 saturated heterocycles. The van der Waals surface area contributed by atoms with Crippen molar-refractivity contribution >= 4 is 56.3 Å². The van der Waals surface area contributed by atoms with Gasteiger partial charge in [-0.25, -0.2) is 9.97 Å². The molecule has 0 aliphatic carbocycles. The Labute approximate surface area is 277 Å². The number of allylic oxidation sites excluding steroid dienone is 4. The number of ether oxygens (including phenoxy) is 2. The zero-order valence-corrected chi connectivity index (χ0v) is 28.0. The molecule has 0 amide bonds. The molecule has 0 spiro atoms. The van der Waals surface area contributed by atoms with E-state index in [0.29, 0.717) is 79.9 Å². The van der Waals surface area contributed by atoms with E-state index in [2.05, 4.69) is 9.97 Å². The lowest BCUT2D eigenvalue weighted by atomic mass is 9.98. The molecule has 254 valence electrons. The van der Waals surface area contributed by atoms with E-state index < -0.39 is 25.4 Å². The Morgan fingerprint density at radius 3 is 1.46 bits per heavy atom. The SMILES string of the molecule is COC(=O)CCC1=C(C)c2cc3[nH]c(cc4[nH]c(cc5nc(cc1n2)C(CCC(=O)OC)=C5C)c(C(O)CO)c4C)c(C(O)CO)c3C. The number of aliphatic hydroxyl groups excluding tert-OH is 4. The quantitative estimate of drug-likeness (QED) is 0.166. The van der Waals surface area contributed by atoms with Gasteiger partial charge in [0.1, 0.15) is 12.2 Å². The molecule has 3 aromatic heterocycles. The summed E-state index contributed by atoms with van der Waals surface area (Å²) < 4.78 is 9.83. The average molecular weight is 659 g/mol. The number of H-pyrrole nitrogens is 2. The van der Waals surface area contributed by atoms with E-state index in [4.69, 9.17) is 19.4 Å². The molecule has 5 heterocycles. The number of esters is 2. The molecule has 8 bridgehead atoms. The van der Waals surface area contributed by atoms with Crippen LogP contribution in [0.3, 0.4) is 0 Å². The smallest absolute Gasteiger partial charge is 0.305 e. The number of aromatic nitrogens is 4. The Morgan fingerprint density at radius 2 is 1.04 bits per heavy atom. The first-order valence-corrected chi connectivity index (χ1v) is 15.8. The fourth-order valence-electron chi connectivity index (χ4n) is 6.48. The number of rotatable bonds is 10. The zero-order valence-electron chi connectivity index (χ0n) is 28.0. The number of hydrogen-bond donors (Lipinski definition) is 6. The molecule has 5 rings (SSSR count). The number of carbonyl (C=O) groups excluding carboxylic acids is 2. The Kier molecular flexibility index (Phi) is 10.3. The van der Waals surface area contributed by atoms with Gasteiger partial charge in [0.25, 0.3) is 0 Å². The summed E-state index contributed by atoms with van der Waals surface area (Å²) in [6.07, 6.45) is -1.37. The summed E-state index contributed by atoms with van der Waals surface area (Å²) in [5.41, 5.74) is 10.5.